The van der Waals surface area contributed by atoms with Crippen molar-refractivity contribution in [2.45, 2.75) is 37.8 Å². The first-order chi connectivity index (χ1) is 9.92. The minimum atomic E-state index is -3.55. The molecule has 21 heavy (non-hydrogen) atoms. The third-order valence-electron chi connectivity index (χ3n) is 3.21. The van der Waals surface area contributed by atoms with E-state index in [1.807, 2.05) is 13.0 Å². The van der Waals surface area contributed by atoms with Gasteiger partial charge in [0.05, 0.1) is 11.2 Å². The van der Waals surface area contributed by atoms with Gasteiger partial charge < -0.3 is 10.2 Å². The largest absolute Gasteiger partial charge is 0.469 e. The van der Waals surface area contributed by atoms with E-state index in [2.05, 4.69) is 4.72 Å². The molecule has 0 saturated heterocycles. The van der Waals surface area contributed by atoms with Crippen LogP contribution in [0.2, 0.25) is 0 Å². The molecule has 2 aromatic rings. The highest BCUT2D eigenvalue weighted by Gasteiger charge is 2.20. The second-order valence-corrected chi connectivity index (χ2v) is 6.79. The van der Waals surface area contributed by atoms with E-state index in [0.717, 1.165) is 11.3 Å². The predicted molar refractivity (Wildman–Crippen MR) is 81.3 cm³/mol. The van der Waals surface area contributed by atoms with E-state index in [9.17, 15) is 8.42 Å². The number of sulfonamides is 1. The topological polar surface area (TPSA) is 85.3 Å². The van der Waals surface area contributed by atoms with Crippen LogP contribution in [0.1, 0.15) is 23.8 Å². The van der Waals surface area contributed by atoms with Gasteiger partial charge in [0.2, 0.25) is 10.0 Å². The molecular formula is C15H20N2O3S. The summed E-state index contributed by atoms with van der Waals surface area (Å²) in [5.74, 6) is 0.750. The van der Waals surface area contributed by atoms with Crippen LogP contribution in [0.4, 0.5) is 0 Å². The fourth-order valence-electron chi connectivity index (χ4n) is 2.24. The molecule has 6 heteroatoms. The van der Waals surface area contributed by atoms with Crippen molar-refractivity contribution in [3.63, 3.8) is 0 Å². The van der Waals surface area contributed by atoms with Crippen molar-refractivity contribution in [1.29, 1.82) is 0 Å². The Morgan fingerprint density at radius 2 is 2.10 bits per heavy atom. The first-order valence-electron chi connectivity index (χ1n) is 6.76. The van der Waals surface area contributed by atoms with Crippen molar-refractivity contribution < 1.29 is 12.8 Å². The Balaban J connectivity index is 2.14. The van der Waals surface area contributed by atoms with E-state index in [1.165, 1.54) is 0 Å². The summed E-state index contributed by atoms with van der Waals surface area (Å²) in [7, 11) is -3.55. The number of hydrogen-bond acceptors (Lipinski definition) is 4. The van der Waals surface area contributed by atoms with Gasteiger partial charge in [-0.15, -0.1) is 0 Å². The van der Waals surface area contributed by atoms with Crippen molar-refractivity contribution in [2.24, 2.45) is 5.73 Å². The summed E-state index contributed by atoms with van der Waals surface area (Å²) in [5, 5.41) is 0. The molecule has 0 bridgehead atoms. The van der Waals surface area contributed by atoms with Crippen molar-refractivity contribution in [2.75, 3.05) is 0 Å². The average molecular weight is 308 g/mol. The standard InChI is InChI=1S/C15H20N2O3S/c1-11-8-13(10-16)5-6-15(11)21(18,19)17-12(2)9-14-4-3-7-20-14/h3-8,12,17H,9-10,16H2,1-2H3. The highest BCUT2D eigenvalue weighted by molar-refractivity contribution is 7.89. The van der Waals surface area contributed by atoms with Crippen molar-refractivity contribution in [3.8, 4) is 0 Å². The molecule has 1 unspecified atom stereocenters. The normalized spacial score (nSPS) is 13.3. The minimum Gasteiger partial charge on any atom is -0.469 e. The van der Waals surface area contributed by atoms with Crippen LogP contribution in [-0.2, 0) is 23.0 Å². The lowest BCUT2D eigenvalue weighted by molar-refractivity contribution is 0.479. The van der Waals surface area contributed by atoms with Crippen molar-refractivity contribution in [1.82, 2.24) is 4.72 Å². The Labute approximate surface area is 125 Å². The maximum Gasteiger partial charge on any atom is 0.241 e. The number of aryl methyl sites for hydroxylation is 1. The molecule has 1 atom stereocenters. The Morgan fingerprint density at radius 1 is 1.33 bits per heavy atom. The summed E-state index contributed by atoms with van der Waals surface area (Å²) in [5.41, 5.74) is 7.16. The van der Waals surface area contributed by atoms with Crippen LogP contribution in [0.15, 0.2) is 45.9 Å². The Morgan fingerprint density at radius 3 is 2.67 bits per heavy atom. The maximum atomic E-state index is 12.4. The van der Waals surface area contributed by atoms with E-state index in [4.69, 9.17) is 10.2 Å². The lowest BCUT2D eigenvalue weighted by Gasteiger charge is -2.15. The lowest BCUT2D eigenvalue weighted by atomic mass is 10.1. The summed E-state index contributed by atoms with van der Waals surface area (Å²) in [6, 6.07) is 8.48. The van der Waals surface area contributed by atoms with Gasteiger partial charge in [0, 0.05) is 19.0 Å². The van der Waals surface area contributed by atoms with Crippen LogP contribution in [0, 0.1) is 6.92 Å². The van der Waals surface area contributed by atoms with Gasteiger partial charge in [0.15, 0.2) is 0 Å². The molecule has 0 radical (unpaired) electrons. The maximum absolute atomic E-state index is 12.4. The fourth-order valence-corrected chi connectivity index (χ4v) is 3.71. The summed E-state index contributed by atoms with van der Waals surface area (Å²) < 4.78 is 32.7. The lowest BCUT2D eigenvalue weighted by Crippen LogP contribution is -2.34. The van der Waals surface area contributed by atoms with Gasteiger partial charge >= 0.3 is 0 Å². The van der Waals surface area contributed by atoms with Crippen LogP contribution < -0.4 is 10.5 Å². The monoisotopic (exact) mass is 308 g/mol. The summed E-state index contributed by atoms with van der Waals surface area (Å²) in [6.07, 6.45) is 2.08. The molecule has 0 amide bonds. The summed E-state index contributed by atoms with van der Waals surface area (Å²) in [6.45, 7) is 3.97. The quantitative estimate of drug-likeness (QED) is 0.854. The smallest absolute Gasteiger partial charge is 0.241 e. The minimum absolute atomic E-state index is 0.255. The molecule has 2 rings (SSSR count). The molecule has 1 aromatic carbocycles. The van der Waals surface area contributed by atoms with Gasteiger partial charge in [0.1, 0.15) is 5.76 Å². The van der Waals surface area contributed by atoms with Crippen molar-refractivity contribution >= 4 is 10.0 Å². The zero-order chi connectivity index (χ0) is 15.5. The van der Waals surface area contributed by atoms with Gasteiger partial charge in [-0.2, -0.15) is 0 Å². The van der Waals surface area contributed by atoms with E-state index >= 15 is 0 Å². The summed E-state index contributed by atoms with van der Waals surface area (Å²) in [4.78, 5) is 0.283. The molecule has 0 aliphatic heterocycles. The molecule has 0 aliphatic carbocycles. The molecule has 0 aliphatic rings. The highest BCUT2D eigenvalue weighted by Crippen LogP contribution is 2.17. The Bertz CT molecular complexity index is 694. The van der Waals surface area contributed by atoms with Crippen LogP contribution in [0.5, 0.6) is 0 Å². The number of nitrogens with one attached hydrogen (secondary N) is 1. The van der Waals surface area contributed by atoms with E-state index in [1.54, 1.807) is 37.5 Å². The summed E-state index contributed by atoms with van der Waals surface area (Å²) >= 11 is 0. The second kappa shape index (κ2) is 6.43. The van der Waals surface area contributed by atoms with E-state index < -0.39 is 10.0 Å². The first-order valence-corrected chi connectivity index (χ1v) is 8.25. The van der Waals surface area contributed by atoms with Crippen LogP contribution in [-0.4, -0.2) is 14.5 Å². The molecule has 5 nitrogen and oxygen atoms in total. The molecule has 3 N–H and O–H groups in total. The predicted octanol–water partition coefficient (Wildman–Crippen LogP) is 1.96. The fraction of sp³-hybridized carbons (Fsp3) is 0.333. The third-order valence-corrected chi connectivity index (χ3v) is 4.96. The second-order valence-electron chi connectivity index (χ2n) is 5.11. The van der Waals surface area contributed by atoms with Crippen molar-refractivity contribution in [3.05, 3.63) is 53.5 Å². The van der Waals surface area contributed by atoms with Gasteiger partial charge in [-0.25, -0.2) is 13.1 Å². The third kappa shape index (κ3) is 3.93. The number of furan rings is 1. The molecule has 114 valence electrons. The van der Waals surface area contributed by atoms with Gasteiger partial charge in [-0.1, -0.05) is 12.1 Å². The zero-order valence-electron chi connectivity index (χ0n) is 12.2. The SMILES string of the molecule is Cc1cc(CN)ccc1S(=O)(=O)NC(C)Cc1ccco1. The van der Waals surface area contributed by atoms with Crippen LogP contribution in [0.25, 0.3) is 0 Å². The number of hydrogen-bond donors (Lipinski definition) is 2. The Hall–Kier alpha value is -1.63. The van der Waals surface area contributed by atoms with Crippen LogP contribution >= 0.6 is 0 Å². The van der Waals surface area contributed by atoms with E-state index in [0.29, 0.717) is 18.5 Å². The Kier molecular flexibility index (Phi) is 4.82. The van der Waals surface area contributed by atoms with Crippen LogP contribution in [0.3, 0.4) is 0 Å². The van der Waals surface area contributed by atoms with E-state index in [-0.39, 0.29) is 10.9 Å². The molecule has 1 aromatic heterocycles. The molecular weight excluding hydrogens is 288 g/mol. The number of nitrogens with two attached hydrogens (primary N) is 1. The average Bonchev–Trinajstić information content (AvgIpc) is 2.90. The number of benzene rings is 1. The molecule has 0 spiro atoms. The zero-order valence-corrected chi connectivity index (χ0v) is 13.0. The number of rotatable bonds is 6. The molecule has 1 heterocycles. The first kappa shape index (κ1) is 15.8. The van der Waals surface area contributed by atoms with Gasteiger partial charge in [-0.3, -0.25) is 0 Å². The molecule has 0 fully saturated rings. The molecule has 0 saturated carbocycles. The highest BCUT2D eigenvalue weighted by atomic mass is 32.2. The van der Waals surface area contributed by atoms with Gasteiger partial charge in [-0.05, 0) is 43.2 Å². The van der Waals surface area contributed by atoms with Gasteiger partial charge in [0.25, 0.3) is 0 Å².